The second kappa shape index (κ2) is 6.29. The Morgan fingerprint density at radius 3 is 2.95 bits per heavy atom. The summed E-state index contributed by atoms with van der Waals surface area (Å²) in [6, 6.07) is 6.99. The number of rotatable bonds is 4. The Bertz CT molecular complexity index is 419. The Hall–Kier alpha value is -1.22. The van der Waals surface area contributed by atoms with Crippen LogP contribution in [-0.2, 0) is 0 Å². The van der Waals surface area contributed by atoms with Crippen molar-refractivity contribution in [2.45, 2.75) is 33.2 Å². The summed E-state index contributed by atoms with van der Waals surface area (Å²) in [4.78, 5) is 2.46. The van der Waals surface area contributed by atoms with E-state index in [2.05, 4.69) is 49.2 Å². The summed E-state index contributed by atoms with van der Waals surface area (Å²) in [5.74, 6) is 1.69. The molecule has 1 aliphatic heterocycles. The highest BCUT2D eigenvalue weighted by atomic mass is 16.5. The zero-order valence-electron chi connectivity index (χ0n) is 12.6. The summed E-state index contributed by atoms with van der Waals surface area (Å²) < 4.78 is 5.51. The van der Waals surface area contributed by atoms with Crippen molar-refractivity contribution in [1.82, 2.24) is 5.32 Å². The van der Waals surface area contributed by atoms with Crippen LogP contribution in [0.25, 0.3) is 0 Å². The van der Waals surface area contributed by atoms with Crippen molar-refractivity contribution in [2.75, 3.05) is 31.6 Å². The lowest BCUT2D eigenvalue weighted by molar-refractivity contribution is 0.339. The van der Waals surface area contributed by atoms with Crippen LogP contribution in [0.2, 0.25) is 0 Å². The van der Waals surface area contributed by atoms with E-state index in [-0.39, 0.29) is 0 Å². The number of nitrogens with one attached hydrogen (secondary N) is 1. The van der Waals surface area contributed by atoms with Crippen molar-refractivity contribution >= 4 is 5.69 Å². The van der Waals surface area contributed by atoms with Crippen molar-refractivity contribution in [3.05, 3.63) is 23.8 Å². The number of nitrogens with zero attached hydrogens (tertiary/aromatic N) is 1. The minimum Gasteiger partial charge on any atom is -0.495 e. The Kier molecular flexibility index (Phi) is 4.70. The molecule has 0 bridgehead atoms. The van der Waals surface area contributed by atoms with E-state index in [1.807, 2.05) is 0 Å². The van der Waals surface area contributed by atoms with Gasteiger partial charge in [0.25, 0.3) is 0 Å². The third-order valence-electron chi connectivity index (χ3n) is 4.21. The molecule has 0 radical (unpaired) electrons. The maximum absolute atomic E-state index is 5.51. The molecule has 19 heavy (non-hydrogen) atoms. The van der Waals surface area contributed by atoms with E-state index in [0.29, 0.717) is 12.0 Å². The Morgan fingerprint density at radius 2 is 2.26 bits per heavy atom. The summed E-state index contributed by atoms with van der Waals surface area (Å²) in [7, 11) is 1.75. The molecule has 1 aromatic carbocycles. The first-order chi connectivity index (χ1) is 9.15. The molecule has 1 aliphatic rings. The van der Waals surface area contributed by atoms with Crippen LogP contribution in [-0.4, -0.2) is 32.8 Å². The molecule has 0 aromatic heterocycles. The van der Waals surface area contributed by atoms with E-state index in [1.165, 1.54) is 17.7 Å². The maximum atomic E-state index is 5.51. The fourth-order valence-electron chi connectivity index (χ4n) is 2.71. The molecule has 3 heteroatoms. The van der Waals surface area contributed by atoms with Gasteiger partial charge in [-0.15, -0.1) is 0 Å². The first kappa shape index (κ1) is 14.2. The van der Waals surface area contributed by atoms with Gasteiger partial charge in [-0.2, -0.15) is 0 Å². The molecule has 3 nitrogen and oxygen atoms in total. The van der Waals surface area contributed by atoms with Gasteiger partial charge in [-0.05, 0) is 30.5 Å². The number of aryl methyl sites for hydroxylation is 1. The van der Waals surface area contributed by atoms with Crippen molar-refractivity contribution in [3.8, 4) is 5.75 Å². The second-order valence-corrected chi connectivity index (χ2v) is 5.57. The average Bonchev–Trinajstić information content (AvgIpc) is 2.46. The van der Waals surface area contributed by atoms with Gasteiger partial charge in [0, 0.05) is 25.7 Å². The molecular weight excluding hydrogens is 236 g/mol. The number of hydrogen-bond acceptors (Lipinski definition) is 3. The van der Waals surface area contributed by atoms with Crippen LogP contribution in [0.4, 0.5) is 5.69 Å². The maximum Gasteiger partial charge on any atom is 0.142 e. The molecule has 2 atom stereocenters. The Balaban J connectivity index is 2.19. The highest BCUT2D eigenvalue weighted by Gasteiger charge is 2.24. The van der Waals surface area contributed by atoms with E-state index >= 15 is 0 Å². The van der Waals surface area contributed by atoms with Crippen molar-refractivity contribution in [3.63, 3.8) is 0 Å². The highest BCUT2D eigenvalue weighted by Crippen LogP contribution is 2.30. The van der Waals surface area contributed by atoms with Gasteiger partial charge >= 0.3 is 0 Å². The molecule has 1 heterocycles. The standard InChI is InChI=1S/C16H26N2O/c1-5-13(3)14-11-18(9-8-17-14)15-10-12(2)6-7-16(15)19-4/h6-7,10,13-14,17H,5,8-9,11H2,1-4H3. The smallest absolute Gasteiger partial charge is 0.142 e. The zero-order valence-corrected chi connectivity index (χ0v) is 12.6. The monoisotopic (exact) mass is 262 g/mol. The van der Waals surface area contributed by atoms with Gasteiger partial charge in [-0.25, -0.2) is 0 Å². The van der Waals surface area contributed by atoms with Gasteiger partial charge < -0.3 is 15.0 Å². The van der Waals surface area contributed by atoms with Crippen LogP contribution in [0.5, 0.6) is 5.75 Å². The molecule has 2 unspecified atom stereocenters. The summed E-state index contributed by atoms with van der Waals surface area (Å²) in [6.45, 7) is 9.89. The lowest BCUT2D eigenvalue weighted by atomic mass is 9.97. The summed E-state index contributed by atoms with van der Waals surface area (Å²) in [5.41, 5.74) is 2.52. The molecule has 1 N–H and O–H groups in total. The second-order valence-electron chi connectivity index (χ2n) is 5.57. The average molecular weight is 262 g/mol. The van der Waals surface area contributed by atoms with Gasteiger partial charge in [0.1, 0.15) is 5.75 Å². The lowest BCUT2D eigenvalue weighted by Crippen LogP contribution is -2.53. The van der Waals surface area contributed by atoms with Crippen LogP contribution in [0.3, 0.4) is 0 Å². The molecule has 2 rings (SSSR count). The van der Waals surface area contributed by atoms with Crippen LogP contribution >= 0.6 is 0 Å². The number of ether oxygens (including phenoxy) is 1. The van der Waals surface area contributed by atoms with Crippen LogP contribution in [0.1, 0.15) is 25.8 Å². The molecule has 1 fully saturated rings. The Labute approximate surface area is 116 Å². The van der Waals surface area contributed by atoms with Crippen molar-refractivity contribution < 1.29 is 4.74 Å². The number of piperazine rings is 1. The third kappa shape index (κ3) is 3.21. The predicted octanol–water partition coefficient (Wildman–Crippen LogP) is 2.83. The highest BCUT2D eigenvalue weighted by molar-refractivity contribution is 5.60. The van der Waals surface area contributed by atoms with Crippen molar-refractivity contribution in [2.24, 2.45) is 5.92 Å². The summed E-state index contributed by atoms with van der Waals surface area (Å²) in [5, 5.41) is 3.64. The van der Waals surface area contributed by atoms with Crippen LogP contribution in [0.15, 0.2) is 18.2 Å². The van der Waals surface area contributed by atoms with Crippen LogP contribution in [0, 0.1) is 12.8 Å². The molecule has 1 aromatic rings. The fourth-order valence-corrected chi connectivity index (χ4v) is 2.71. The molecule has 1 saturated heterocycles. The lowest BCUT2D eigenvalue weighted by Gasteiger charge is -2.38. The largest absolute Gasteiger partial charge is 0.495 e. The Morgan fingerprint density at radius 1 is 1.47 bits per heavy atom. The molecule has 0 amide bonds. The summed E-state index contributed by atoms with van der Waals surface area (Å²) in [6.07, 6.45) is 1.22. The first-order valence-electron chi connectivity index (χ1n) is 7.28. The molecular formula is C16H26N2O. The number of hydrogen-bond donors (Lipinski definition) is 1. The predicted molar refractivity (Wildman–Crippen MR) is 81.2 cm³/mol. The van der Waals surface area contributed by atoms with Gasteiger partial charge in [0.2, 0.25) is 0 Å². The summed E-state index contributed by atoms with van der Waals surface area (Å²) >= 11 is 0. The van der Waals surface area contributed by atoms with Gasteiger partial charge in [-0.3, -0.25) is 0 Å². The number of anilines is 1. The van der Waals surface area contributed by atoms with E-state index in [0.717, 1.165) is 25.4 Å². The quantitative estimate of drug-likeness (QED) is 0.903. The fraction of sp³-hybridized carbons (Fsp3) is 0.625. The van der Waals surface area contributed by atoms with Crippen molar-refractivity contribution in [1.29, 1.82) is 0 Å². The zero-order chi connectivity index (χ0) is 13.8. The minimum atomic E-state index is 0.573. The van der Waals surface area contributed by atoms with Gasteiger partial charge in [0.15, 0.2) is 0 Å². The molecule has 0 spiro atoms. The van der Waals surface area contributed by atoms with Crippen LogP contribution < -0.4 is 15.0 Å². The van der Waals surface area contributed by atoms with Gasteiger partial charge in [0.05, 0.1) is 12.8 Å². The van der Waals surface area contributed by atoms with E-state index in [4.69, 9.17) is 4.74 Å². The minimum absolute atomic E-state index is 0.573. The normalized spacial score (nSPS) is 21.3. The topological polar surface area (TPSA) is 24.5 Å². The molecule has 0 aliphatic carbocycles. The number of methoxy groups -OCH3 is 1. The first-order valence-corrected chi connectivity index (χ1v) is 7.28. The van der Waals surface area contributed by atoms with E-state index in [1.54, 1.807) is 7.11 Å². The SMILES string of the molecule is CCC(C)C1CN(c2cc(C)ccc2OC)CCN1. The third-order valence-corrected chi connectivity index (χ3v) is 4.21. The molecule has 106 valence electrons. The van der Waals surface area contributed by atoms with E-state index < -0.39 is 0 Å². The molecule has 0 saturated carbocycles. The number of benzene rings is 1. The van der Waals surface area contributed by atoms with E-state index in [9.17, 15) is 0 Å². The van der Waals surface area contributed by atoms with Gasteiger partial charge in [-0.1, -0.05) is 26.3 Å².